The standard InChI is InChI=1S/C29H48O3/c1-4-5-6-7-8-9-10-21-11-12-24-23-17-26(31)29-18-22(32-20(2)30)13-16-28(29,19-29)25(23)14-15-27(21,24)3/h21-26,31H,4-19H2,1-3H3/t21-,22-,23-,24-,25-,26+,27+,28-,29+/m0/s1. The first kappa shape index (κ1) is 23.2. The van der Waals surface area contributed by atoms with Crippen LogP contribution in [0.4, 0.5) is 0 Å². The van der Waals surface area contributed by atoms with Gasteiger partial charge in [0.05, 0.1) is 6.10 Å². The van der Waals surface area contributed by atoms with Crippen molar-refractivity contribution < 1.29 is 14.6 Å². The SMILES string of the molecule is CCCCCCCC[C@H]1CC[C@H]2[C@@H]3C[C@@H](O)[C@]45C[C@@H](OC(C)=O)CC[C@]4(C5)[C@H]3CC[C@]12C. The van der Waals surface area contributed by atoms with Gasteiger partial charge in [0, 0.05) is 12.3 Å². The van der Waals surface area contributed by atoms with Crippen LogP contribution in [-0.4, -0.2) is 23.3 Å². The number of hydrogen-bond acceptors (Lipinski definition) is 3. The second-order valence-electron chi connectivity index (χ2n) is 13.0. The number of hydrogen-bond donors (Lipinski definition) is 1. The van der Waals surface area contributed by atoms with Crippen LogP contribution in [0.1, 0.15) is 124 Å². The predicted octanol–water partition coefficient (Wildman–Crippen LogP) is 7.05. The van der Waals surface area contributed by atoms with Crippen LogP contribution in [0.3, 0.4) is 0 Å². The fourth-order valence-corrected chi connectivity index (χ4v) is 10.2. The van der Waals surface area contributed by atoms with Crippen LogP contribution in [-0.2, 0) is 9.53 Å². The summed E-state index contributed by atoms with van der Waals surface area (Å²) in [5, 5.41) is 11.5. The van der Waals surface area contributed by atoms with Gasteiger partial charge in [0.15, 0.2) is 0 Å². The number of fused-ring (bicyclic) bond motifs is 3. The van der Waals surface area contributed by atoms with Gasteiger partial charge in [-0.15, -0.1) is 0 Å². The minimum atomic E-state index is -0.179. The molecule has 9 atom stereocenters. The van der Waals surface area contributed by atoms with Crippen molar-refractivity contribution in [3.8, 4) is 0 Å². The minimum Gasteiger partial charge on any atom is -0.463 e. The van der Waals surface area contributed by atoms with Crippen molar-refractivity contribution in [3.05, 3.63) is 0 Å². The molecule has 5 saturated carbocycles. The Morgan fingerprint density at radius 3 is 2.53 bits per heavy atom. The Morgan fingerprint density at radius 1 is 0.969 bits per heavy atom. The van der Waals surface area contributed by atoms with E-state index < -0.39 is 0 Å². The summed E-state index contributed by atoms with van der Waals surface area (Å²) in [6, 6.07) is 0. The van der Waals surface area contributed by atoms with Crippen LogP contribution in [0.15, 0.2) is 0 Å². The average Bonchev–Trinajstić information content (AvgIpc) is 3.34. The normalized spacial score (nSPS) is 48.9. The van der Waals surface area contributed by atoms with Crippen molar-refractivity contribution >= 4 is 5.97 Å². The number of rotatable bonds is 8. The molecular formula is C29H48O3. The first-order valence-corrected chi connectivity index (χ1v) is 14.2. The molecule has 0 radical (unpaired) electrons. The van der Waals surface area contributed by atoms with E-state index >= 15 is 0 Å². The lowest BCUT2D eigenvalue weighted by Gasteiger charge is -2.57. The zero-order chi connectivity index (χ0) is 22.6. The number of ether oxygens (including phenoxy) is 1. The third-order valence-corrected chi connectivity index (χ3v) is 11.7. The highest BCUT2D eigenvalue weighted by atomic mass is 16.5. The van der Waals surface area contributed by atoms with Crippen molar-refractivity contribution in [1.82, 2.24) is 0 Å². The van der Waals surface area contributed by atoms with Crippen molar-refractivity contribution in [2.45, 2.75) is 136 Å². The fourth-order valence-electron chi connectivity index (χ4n) is 10.2. The fraction of sp³-hybridized carbons (Fsp3) is 0.966. The highest BCUT2D eigenvalue weighted by molar-refractivity contribution is 5.66. The highest BCUT2D eigenvalue weighted by Gasteiger charge is 2.79. The largest absolute Gasteiger partial charge is 0.463 e. The lowest BCUT2D eigenvalue weighted by atomic mass is 9.49. The van der Waals surface area contributed by atoms with Gasteiger partial charge in [-0.1, -0.05) is 52.4 Å². The molecule has 0 unspecified atom stereocenters. The summed E-state index contributed by atoms with van der Waals surface area (Å²) in [5.41, 5.74) is 0.951. The first-order chi connectivity index (χ1) is 15.4. The molecule has 0 aromatic heterocycles. The molecule has 0 heterocycles. The molecule has 5 rings (SSSR count). The van der Waals surface area contributed by atoms with Crippen LogP contribution >= 0.6 is 0 Å². The smallest absolute Gasteiger partial charge is 0.302 e. The Kier molecular flexibility index (Phi) is 6.22. The second kappa shape index (κ2) is 8.58. The predicted molar refractivity (Wildman–Crippen MR) is 128 cm³/mol. The van der Waals surface area contributed by atoms with Gasteiger partial charge in [-0.3, -0.25) is 4.79 Å². The molecule has 0 bridgehead atoms. The highest BCUT2D eigenvalue weighted by Crippen LogP contribution is 2.83. The average molecular weight is 445 g/mol. The van der Waals surface area contributed by atoms with Crippen LogP contribution in [0.2, 0.25) is 0 Å². The molecule has 5 aliphatic carbocycles. The van der Waals surface area contributed by atoms with Gasteiger partial charge < -0.3 is 9.84 Å². The summed E-state index contributed by atoms with van der Waals surface area (Å²) in [7, 11) is 0. The van der Waals surface area contributed by atoms with Crippen LogP contribution in [0, 0.1) is 39.9 Å². The van der Waals surface area contributed by atoms with E-state index in [4.69, 9.17) is 4.74 Å². The number of carbonyl (C=O) groups excluding carboxylic acids is 1. The van der Waals surface area contributed by atoms with Crippen molar-refractivity contribution in [3.63, 3.8) is 0 Å². The molecular weight excluding hydrogens is 396 g/mol. The van der Waals surface area contributed by atoms with E-state index in [1.165, 1.54) is 90.4 Å². The molecule has 0 spiro atoms. The number of carbonyl (C=O) groups is 1. The van der Waals surface area contributed by atoms with Gasteiger partial charge in [-0.25, -0.2) is 0 Å². The van der Waals surface area contributed by atoms with Gasteiger partial charge in [0.25, 0.3) is 0 Å². The van der Waals surface area contributed by atoms with Gasteiger partial charge in [0.2, 0.25) is 0 Å². The van der Waals surface area contributed by atoms with Crippen LogP contribution < -0.4 is 0 Å². The number of unbranched alkanes of at least 4 members (excludes halogenated alkanes) is 5. The molecule has 0 saturated heterocycles. The van der Waals surface area contributed by atoms with Gasteiger partial charge in [-0.05, 0) is 98.7 Å². The molecule has 3 nitrogen and oxygen atoms in total. The van der Waals surface area contributed by atoms with Gasteiger partial charge in [0.1, 0.15) is 6.10 Å². The van der Waals surface area contributed by atoms with Gasteiger partial charge in [-0.2, -0.15) is 0 Å². The Labute approximate surface area is 196 Å². The molecule has 0 aliphatic heterocycles. The molecule has 5 aliphatic rings. The molecule has 1 N–H and O–H groups in total. The quantitative estimate of drug-likeness (QED) is 0.322. The maximum atomic E-state index is 11.5. The maximum absolute atomic E-state index is 11.5. The van der Waals surface area contributed by atoms with E-state index in [2.05, 4.69) is 13.8 Å². The third-order valence-electron chi connectivity index (χ3n) is 11.7. The van der Waals surface area contributed by atoms with Crippen molar-refractivity contribution in [1.29, 1.82) is 0 Å². The minimum absolute atomic E-state index is 0.0383. The molecule has 5 fully saturated rings. The van der Waals surface area contributed by atoms with Crippen LogP contribution in [0.25, 0.3) is 0 Å². The van der Waals surface area contributed by atoms with E-state index in [1.54, 1.807) is 0 Å². The molecule has 32 heavy (non-hydrogen) atoms. The zero-order valence-electron chi connectivity index (χ0n) is 21.0. The maximum Gasteiger partial charge on any atom is 0.302 e. The molecule has 0 aromatic rings. The Bertz CT molecular complexity index is 705. The number of esters is 1. The van der Waals surface area contributed by atoms with E-state index in [0.29, 0.717) is 10.8 Å². The molecule has 0 amide bonds. The van der Waals surface area contributed by atoms with Crippen molar-refractivity contribution in [2.24, 2.45) is 39.9 Å². The molecule has 3 heteroatoms. The lowest BCUT2D eigenvalue weighted by Crippen LogP contribution is -2.53. The third kappa shape index (κ3) is 3.50. The van der Waals surface area contributed by atoms with E-state index in [1.807, 2.05) is 0 Å². The van der Waals surface area contributed by atoms with E-state index in [-0.39, 0.29) is 23.6 Å². The Morgan fingerprint density at radius 2 is 1.75 bits per heavy atom. The van der Waals surface area contributed by atoms with E-state index in [0.717, 1.165) is 42.9 Å². The summed E-state index contributed by atoms with van der Waals surface area (Å²) in [4.78, 5) is 11.5. The summed E-state index contributed by atoms with van der Waals surface area (Å²) >= 11 is 0. The topological polar surface area (TPSA) is 46.5 Å². The Hall–Kier alpha value is -0.570. The number of aliphatic hydroxyl groups excluding tert-OH is 1. The summed E-state index contributed by atoms with van der Waals surface area (Å²) in [5.74, 6) is 3.15. The van der Waals surface area contributed by atoms with Gasteiger partial charge >= 0.3 is 5.97 Å². The van der Waals surface area contributed by atoms with Crippen molar-refractivity contribution in [2.75, 3.05) is 0 Å². The zero-order valence-corrected chi connectivity index (χ0v) is 21.0. The summed E-state index contributed by atoms with van der Waals surface area (Å²) in [6.07, 6.45) is 20.7. The number of aliphatic hydroxyl groups is 1. The summed E-state index contributed by atoms with van der Waals surface area (Å²) in [6.45, 7) is 6.47. The Balaban J connectivity index is 1.24. The molecule has 0 aromatic carbocycles. The van der Waals surface area contributed by atoms with E-state index in [9.17, 15) is 9.90 Å². The second-order valence-corrected chi connectivity index (χ2v) is 13.0. The summed E-state index contributed by atoms with van der Waals surface area (Å²) < 4.78 is 5.63. The molecule has 182 valence electrons. The monoisotopic (exact) mass is 444 g/mol. The lowest BCUT2D eigenvalue weighted by molar-refractivity contribution is -0.159. The first-order valence-electron chi connectivity index (χ1n) is 14.2. The van der Waals surface area contributed by atoms with Crippen LogP contribution in [0.5, 0.6) is 0 Å².